The van der Waals surface area contributed by atoms with Gasteiger partial charge in [0.15, 0.2) is 0 Å². The van der Waals surface area contributed by atoms with Crippen molar-refractivity contribution in [2.45, 2.75) is 18.9 Å². The van der Waals surface area contributed by atoms with E-state index >= 15 is 0 Å². The topological polar surface area (TPSA) is 15.3 Å². The summed E-state index contributed by atoms with van der Waals surface area (Å²) in [5.41, 5.74) is 0.338. The molecule has 1 aliphatic heterocycles. The Kier molecular flexibility index (Phi) is 7.29. The lowest BCUT2D eigenvalue weighted by Gasteiger charge is -2.35. The highest BCUT2D eigenvalue weighted by atomic mass is 79.9. The van der Waals surface area contributed by atoms with Crippen LogP contribution in [0.4, 0.5) is 13.2 Å². The van der Waals surface area contributed by atoms with E-state index in [1.54, 1.807) is 12.1 Å². The van der Waals surface area contributed by atoms with Crippen LogP contribution in [0.2, 0.25) is 0 Å². The number of hydrogen-bond acceptors (Lipinski definition) is 2. The molecule has 1 atom stereocenters. The third-order valence-electron chi connectivity index (χ3n) is 3.33. The molecule has 0 radical (unpaired) electrons. The van der Waals surface area contributed by atoms with E-state index in [0.717, 1.165) is 13.1 Å². The van der Waals surface area contributed by atoms with E-state index in [4.69, 9.17) is 0 Å². The van der Waals surface area contributed by atoms with Crippen LogP contribution >= 0.6 is 28.3 Å². The molecule has 20 heavy (non-hydrogen) atoms. The summed E-state index contributed by atoms with van der Waals surface area (Å²) in [6.45, 7) is 2.79. The molecule has 1 aromatic rings. The van der Waals surface area contributed by atoms with Crippen molar-refractivity contribution in [3.63, 3.8) is 0 Å². The molecule has 0 aliphatic carbocycles. The van der Waals surface area contributed by atoms with Crippen molar-refractivity contribution in [1.82, 2.24) is 10.2 Å². The van der Waals surface area contributed by atoms with Crippen LogP contribution in [-0.2, 0) is 0 Å². The summed E-state index contributed by atoms with van der Waals surface area (Å²) < 4.78 is 40.2. The first-order chi connectivity index (χ1) is 9.09. The van der Waals surface area contributed by atoms with Gasteiger partial charge in [0.25, 0.3) is 0 Å². The third-order valence-corrected chi connectivity index (χ3v) is 4.02. The SMILES string of the molecule is Cl.Fc1cccc(Br)c1[C@@H](CC(F)F)N1CCNCC1. The van der Waals surface area contributed by atoms with Crippen molar-refractivity contribution in [2.24, 2.45) is 0 Å². The highest BCUT2D eigenvalue weighted by Gasteiger charge is 2.29. The molecule has 0 aromatic heterocycles. The van der Waals surface area contributed by atoms with Gasteiger partial charge in [0.05, 0.1) is 0 Å². The number of halogens is 5. The van der Waals surface area contributed by atoms with Gasteiger partial charge in [-0.3, -0.25) is 4.90 Å². The molecular formula is C13H17BrClF3N2. The fourth-order valence-electron chi connectivity index (χ4n) is 2.44. The zero-order valence-electron chi connectivity index (χ0n) is 10.8. The summed E-state index contributed by atoms with van der Waals surface area (Å²) in [6.07, 6.45) is -2.80. The Morgan fingerprint density at radius 3 is 2.45 bits per heavy atom. The standard InChI is InChI=1S/C13H16BrF3N2.ClH/c14-9-2-1-3-10(15)13(9)11(8-12(16)17)19-6-4-18-5-7-19;/h1-3,11-12,18H,4-8H2;1H/t11-;/m1./s1. The van der Waals surface area contributed by atoms with E-state index in [9.17, 15) is 13.2 Å². The number of piperazine rings is 1. The molecule has 1 aliphatic rings. The normalized spacial score (nSPS) is 17.9. The molecule has 2 nitrogen and oxygen atoms in total. The highest BCUT2D eigenvalue weighted by molar-refractivity contribution is 9.10. The summed E-state index contributed by atoms with van der Waals surface area (Å²) in [6, 6.07) is 4.00. The molecule has 7 heteroatoms. The molecule has 1 N–H and O–H groups in total. The summed E-state index contributed by atoms with van der Waals surface area (Å²) in [5, 5.41) is 3.17. The predicted molar refractivity (Wildman–Crippen MR) is 79.2 cm³/mol. The molecule has 0 amide bonds. The van der Waals surface area contributed by atoms with Crippen LogP contribution in [0.3, 0.4) is 0 Å². The number of benzene rings is 1. The maximum atomic E-state index is 14.0. The van der Waals surface area contributed by atoms with Gasteiger partial charge >= 0.3 is 0 Å². The van der Waals surface area contributed by atoms with Gasteiger partial charge in [-0.2, -0.15) is 0 Å². The summed E-state index contributed by atoms with van der Waals surface area (Å²) in [4.78, 5) is 1.92. The minimum Gasteiger partial charge on any atom is -0.314 e. The lowest BCUT2D eigenvalue weighted by atomic mass is 10.0. The van der Waals surface area contributed by atoms with Crippen LogP contribution in [0.15, 0.2) is 22.7 Å². The van der Waals surface area contributed by atoms with Gasteiger partial charge in [-0.1, -0.05) is 22.0 Å². The van der Waals surface area contributed by atoms with Crippen molar-refractivity contribution in [3.05, 3.63) is 34.1 Å². The largest absolute Gasteiger partial charge is 0.314 e. The maximum Gasteiger partial charge on any atom is 0.240 e. The van der Waals surface area contributed by atoms with Gasteiger partial charge in [0.1, 0.15) is 5.82 Å². The van der Waals surface area contributed by atoms with Crippen LogP contribution in [-0.4, -0.2) is 37.5 Å². The Bertz CT molecular complexity index is 408. The lowest BCUT2D eigenvalue weighted by Crippen LogP contribution is -2.45. The van der Waals surface area contributed by atoms with Gasteiger partial charge in [-0.25, -0.2) is 13.2 Å². The smallest absolute Gasteiger partial charge is 0.240 e. The van der Waals surface area contributed by atoms with Crippen molar-refractivity contribution in [3.8, 4) is 0 Å². The number of alkyl halides is 2. The molecule has 1 fully saturated rings. The Balaban J connectivity index is 0.00000200. The number of nitrogens with zero attached hydrogens (tertiary/aromatic N) is 1. The van der Waals surface area contributed by atoms with Gasteiger partial charge in [0, 0.05) is 48.7 Å². The Hall–Kier alpha value is -0.300. The molecule has 1 saturated heterocycles. The van der Waals surface area contributed by atoms with Gasteiger partial charge in [-0.05, 0) is 12.1 Å². The molecule has 0 bridgehead atoms. The molecule has 2 rings (SSSR count). The molecule has 0 unspecified atom stereocenters. The number of rotatable bonds is 4. The second kappa shape index (κ2) is 8.22. The zero-order chi connectivity index (χ0) is 13.8. The third kappa shape index (κ3) is 4.35. The fourth-order valence-corrected chi connectivity index (χ4v) is 3.05. The van der Waals surface area contributed by atoms with Crippen LogP contribution in [0.1, 0.15) is 18.0 Å². The minimum atomic E-state index is -2.45. The zero-order valence-corrected chi connectivity index (χ0v) is 13.2. The second-order valence-electron chi connectivity index (χ2n) is 4.56. The number of hydrogen-bond donors (Lipinski definition) is 1. The quantitative estimate of drug-likeness (QED) is 0.867. The fraction of sp³-hybridized carbons (Fsp3) is 0.538. The van der Waals surface area contributed by atoms with E-state index in [-0.39, 0.29) is 18.8 Å². The Morgan fingerprint density at radius 1 is 1.25 bits per heavy atom. The van der Waals surface area contributed by atoms with Gasteiger partial charge < -0.3 is 5.32 Å². The average molecular weight is 374 g/mol. The second-order valence-corrected chi connectivity index (χ2v) is 5.42. The van der Waals surface area contributed by atoms with Crippen LogP contribution in [0.25, 0.3) is 0 Å². The molecule has 0 spiro atoms. The van der Waals surface area contributed by atoms with Gasteiger partial charge in [-0.15, -0.1) is 12.4 Å². The molecule has 1 heterocycles. The van der Waals surface area contributed by atoms with Crippen molar-refractivity contribution < 1.29 is 13.2 Å². The Labute approximate surface area is 131 Å². The summed E-state index contributed by atoms with van der Waals surface area (Å²) >= 11 is 3.28. The molecular weight excluding hydrogens is 357 g/mol. The van der Waals surface area contributed by atoms with E-state index in [1.165, 1.54) is 6.07 Å². The Morgan fingerprint density at radius 2 is 1.90 bits per heavy atom. The summed E-state index contributed by atoms with van der Waals surface area (Å²) in [7, 11) is 0. The van der Waals surface area contributed by atoms with Crippen LogP contribution in [0, 0.1) is 5.82 Å². The predicted octanol–water partition coefficient (Wildman–Crippen LogP) is 3.61. The van der Waals surface area contributed by atoms with Crippen molar-refractivity contribution >= 4 is 28.3 Å². The van der Waals surface area contributed by atoms with Crippen molar-refractivity contribution in [1.29, 1.82) is 0 Å². The van der Waals surface area contributed by atoms with Gasteiger partial charge in [0.2, 0.25) is 6.43 Å². The number of nitrogens with one attached hydrogen (secondary N) is 1. The molecule has 0 saturated carbocycles. The minimum absolute atomic E-state index is 0. The van der Waals surface area contributed by atoms with Crippen LogP contribution in [0.5, 0.6) is 0 Å². The maximum absolute atomic E-state index is 14.0. The summed E-state index contributed by atoms with van der Waals surface area (Å²) in [5.74, 6) is -0.432. The highest BCUT2D eigenvalue weighted by Crippen LogP contribution is 2.34. The average Bonchev–Trinajstić information content (AvgIpc) is 2.38. The van der Waals surface area contributed by atoms with E-state index in [1.807, 2.05) is 4.90 Å². The van der Waals surface area contributed by atoms with Crippen LogP contribution < -0.4 is 5.32 Å². The van der Waals surface area contributed by atoms with E-state index in [0.29, 0.717) is 23.1 Å². The molecule has 114 valence electrons. The molecule has 1 aromatic carbocycles. The van der Waals surface area contributed by atoms with Crippen molar-refractivity contribution in [2.75, 3.05) is 26.2 Å². The first-order valence-electron chi connectivity index (χ1n) is 6.26. The first-order valence-corrected chi connectivity index (χ1v) is 7.05. The van der Waals surface area contributed by atoms with E-state index < -0.39 is 18.3 Å². The van der Waals surface area contributed by atoms with E-state index in [2.05, 4.69) is 21.2 Å². The first kappa shape index (κ1) is 17.8. The lowest BCUT2D eigenvalue weighted by molar-refractivity contribution is 0.0722. The monoisotopic (exact) mass is 372 g/mol.